The number of nitrogen functional groups attached to an aromatic ring is 1. The van der Waals surface area contributed by atoms with Gasteiger partial charge in [0.05, 0.1) is 4.90 Å². The summed E-state index contributed by atoms with van der Waals surface area (Å²) < 4.78 is 27.3. The number of fused-ring (bicyclic) bond motifs is 1. The van der Waals surface area contributed by atoms with Crippen LogP contribution in [0.15, 0.2) is 78.0 Å². The van der Waals surface area contributed by atoms with Gasteiger partial charge in [-0.2, -0.15) is 0 Å². The van der Waals surface area contributed by atoms with Gasteiger partial charge >= 0.3 is 0 Å². The normalized spacial score (nSPS) is 11.7. The van der Waals surface area contributed by atoms with Crippen molar-refractivity contribution in [1.29, 1.82) is 0 Å². The van der Waals surface area contributed by atoms with Crippen molar-refractivity contribution >= 4 is 26.7 Å². The predicted octanol–water partition coefficient (Wildman–Crippen LogP) is 4.08. The van der Waals surface area contributed by atoms with Gasteiger partial charge in [-0.05, 0) is 59.5 Å². The van der Waals surface area contributed by atoms with Crippen LogP contribution in [0.3, 0.4) is 0 Å². The minimum Gasteiger partial charge on any atom is -0.399 e. The zero-order valence-electron chi connectivity index (χ0n) is 14.8. The Bertz CT molecular complexity index is 1230. The first-order valence-corrected chi connectivity index (χ1v) is 10.1. The van der Waals surface area contributed by atoms with Gasteiger partial charge in [-0.15, -0.1) is 0 Å². The lowest BCUT2D eigenvalue weighted by atomic mass is 9.96. The van der Waals surface area contributed by atoms with Crippen molar-refractivity contribution in [2.45, 2.75) is 18.2 Å². The van der Waals surface area contributed by atoms with Gasteiger partial charge in [0.15, 0.2) is 5.65 Å². The summed E-state index contributed by atoms with van der Waals surface area (Å²) in [7, 11) is -3.71. The fourth-order valence-corrected chi connectivity index (χ4v) is 4.64. The Morgan fingerprint density at radius 3 is 2.52 bits per heavy atom. The molecule has 4 aromatic rings. The number of hydrogen-bond donors (Lipinski definition) is 1. The van der Waals surface area contributed by atoms with Gasteiger partial charge in [0, 0.05) is 23.5 Å². The maximum atomic E-state index is 13.0. The van der Waals surface area contributed by atoms with Gasteiger partial charge in [0.25, 0.3) is 10.0 Å². The molecule has 0 bridgehead atoms. The summed E-state index contributed by atoms with van der Waals surface area (Å²) in [4.78, 5) is 4.58. The van der Waals surface area contributed by atoms with E-state index in [4.69, 9.17) is 5.73 Å². The third-order valence-corrected chi connectivity index (χ3v) is 6.34. The molecule has 0 aliphatic rings. The third-order valence-electron chi connectivity index (χ3n) is 4.65. The number of aryl methyl sites for hydroxylation is 1. The summed E-state index contributed by atoms with van der Waals surface area (Å²) in [6.45, 7) is 2.07. The Morgan fingerprint density at radius 1 is 1.00 bits per heavy atom. The maximum Gasteiger partial charge on any atom is 0.269 e. The van der Waals surface area contributed by atoms with Crippen LogP contribution in [-0.2, 0) is 16.4 Å². The zero-order chi connectivity index (χ0) is 19.0. The minimum atomic E-state index is -3.71. The van der Waals surface area contributed by atoms with Crippen molar-refractivity contribution in [1.82, 2.24) is 8.96 Å². The second-order valence-electron chi connectivity index (χ2n) is 6.30. The largest absolute Gasteiger partial charge is 0.399 e. The van der Waals surface area contributed by atoms with Crippen LogP contribution < -0.4 is 5.73 Å². The number of hydrogen-bond acceptors (Lipinski definition) is 4. The molecule has 0 spiro atoms. The molecule has 2 heterocycles. The molecule has 27 heavy (non-hydrogen) atoms. The first-order valence-electron chi connectivity index (χ1n) is 8.68. The molecular formula is C21H19N3O2S. The van der Waals surface area contributed by atoms with Crippen LogP contribution in [0.25, 0.3) is 22.2 Å². The van der Waals surface area contributed by atoms with Crippen LogP contribution in [-0.4, -0.2) is 17.4 Å². The van der Waals surface area contributed by atoms with E-state index < -0.39 is 10.0 Å². The second-order valence-corrected chi connectivity index (χ2v) is 8.11. The molecule has 0 fully saturated rings. The van der Waals surface area contributed by atoms with E-state index in [0.29, 0.717) is 11.3 Å². The van der Waals surface area contributed by atoms with Crippen LogP contribution in [0.5, 0.6) is 0 Å². The smallest absolute Gasteiger partial charge is 0.269 e. The SMILES string of the molecule is CCc1cc(N)ccc1-c1ccnc2c1ccn2S(=O)(=O)c1ccccc1. The average molecular weight is 377 g/mol. The highest BCUT2D eigenvalue weighted by Crippen LogP contribution is 2.33. The van der Waals surface area contributed by atoms with Gasteiger partial charge in [-0.3, -0.25) is 0 Å². The predicted molar refractivity (Wildman–Crippen MR) is 108 cm³/mol. The van der Waals surface area contributed by atoms with E-state index in [0.717, 1.165) is 28.5 Å². The number of nitrogens with two attached hydrogens (primary N) is 1. The van der Waals surface area contributed by atoms with E-state index in [2.05, 4.69) is 11.9 Å². The van der Waals surface area contributed by atoms with Crippen molar-refractivity contribution < 1.29 is 8.42 Å². The van der Waals surface area contributed by atoms with E-state index in [1.807, 2.05) is 24.3 Å². The summed E-state index contributed by atoms with van der Waals surface area (Å²) in [5, 5.41) is 0.788. The molecule has 4 rings (SSSR count). The molecule has 0 amide bonds. The van der Waals surface area contributed by atoms with E-state index in [1.165, 1.54) is 3.97 Å². The highest BCUT2D eigenvalue weighted by Gasteiger charge is 2.21. The molecule has 0 unspecified atom stereocenters. The molecule has 5 nitrogen and oxygen atoms in total. The van der Waals surface area contributed by atoms with Gasteiger partial charge < -0.3 is 5.73 Å². The Labute approximate surface area is 158 Å². The maximum absolute atomic E-state index is 13.0. The Kier molecular flexibility index (Phi) is 4.20. The van der Waals surface area contributed by atoms with E-state index in [1.54, 1.807) is 48.8 Å². The first kappa shape index (κ1) is 17.3. The number of pyridine rings is 1. The topological polar surface area (TPSA) is 78.0 Å². The van der Waals surface area contributed by atoms with Crippen molar-refractivity contribution in [3.8, 4) is 11.1 Å². The van der Waals surface area contributed by atoms with Gasteiger partial charge in [0.1, 0.15) is 0 Å². The molecule has 0 aliphatic heterocycles. The molecule has 0 saturated carbocycles. The number of aromatic nitrogens is 2. The zero-order valence-corrected chi connectivity index (χ0v) is 15.6. The minimum absolute atomic E-state index is 0.233. The summed E-state index contributed by atoms with van der Waals surface area (Å²) in [6.07, 6.45) is 4.03. The summed E-state index contributed by atoms with van der Waals surface area (Å²) in [6, 6.07) is 17.9. The molecule has 0 aliphatic carbocycles. The monoisotopic (exact) mass is 377 g/mol. The Balaban J connectivity index is 1.94. The van der Waals surface area contributed by atoms with Crippen molar-refractivity contribution in [3.63, 3.8) is 0 Å². The summed E-state index contributed by atoms with van der Waals surface area (Å²) >= 11 is 0. The third kappa shape index (κ3) is 2.88. The van der Waals surface area contributed by atoms with Crippen LogP contribution in [0.4, 0.5) is 5.69 Å². The standard InChI is InChI=1S/C21H19N3O2S/c1-2-15-14-16(22)8-9-18(15)19-10-12-23-21-20(19)11-13-24(21)27(25,26)17-6-4-3-5-7-17/h3-14H,2,22H2,1H3. The number of benzene rings is 2. The van der Waals surface area contributed by atoms with Gasteiger partial charge in [-0.1, -0.05) is 31.2 Å². The van der Waals surface area contributed by atoms with E-state index in [9.17, 15) is 8.42 Å². The molecule has 2 aromatic carbocycles. The second kappa shape index (κ2) is 6.55. The van der Waals surface area contributed by atoms with Crippen molar-refractivity contribution in [2.24, 2.45) is 0 Å². The summed E-state index contributed by atoms with van der Waals surface area (Å²) in [5.41, 5.74) is 10.1. The molecular weight excluding hydrogens is 358 g/mol. The molecule has 0 saturated heterocycles. The Hall–Kier alpha value is -3.12. The quantitative estimate of drug-likeness (QED) is 0.544. The lowest BCUT2D eigenvalue weighted by molar-refractivity contribution is 0.589. The molecule has 2 N–H and O–H groups in total. The number of nitrogens with zero attached hydrogens (tertiary/aromatic N) is 2. The molecule has 6 heteroatoms. The number of rotatable bonds is 4. The van der Waals surface area contributed by atoms with Crippen LogP contribution >= 0.6 is 0 Å². The molecule has 0 radical (unpaired) electrons. The van der Waals surface area contributed by atoms with Gasteiger partial charge in [0.2, 0.25) is 0 Å². The molecule has 136 valence electrons. The van der Waals surface area contributed by atoms with E-state index in [-0.39, 0.29) is 4.90 Å². The first-order chi connectivity index (χ1) is 13.0. The van der Waals surface area contributed by atoms with Crippen LogP contribution in [0.1, 0.15) is 12.5 Å². The van der Waals surface area contributed by atoms with E-state index >= 15 is 0 Å². The lowest BCUT2D eigenvalue weighted by Gasteiger charge is -2.11. The highest BCUT2D eigenvalue weighted by atomic mass is 32.2. The van der Waals surface area contributed by atoms with Crippen LogP contribution in [0.2, 0.25) is 0 Å². The van der Waals surface area contributed by atoms with Crippen molar-refractivity contribution in [3.05, 3.63) is 78.6 Å². The lowest BCUT2D eigenvalue weighted by Crippen LogP contribution is -2.12. The van der Waals surface area contributed by atoms with Gasteiger partial charge in [-0.25, -0.2) is 17.4 Å². The average Bonchev–Trinajstić information content (AvgIpc) is 3.14. The van der Waals surface area contributed by atoms with Crippen molar-refractivity contribution in [2.75, 3.05) is 5.73 Å². The Morgan fingerprint density at radius 2 is 1.78 bits per heavy atom. The van der Waals surface area contributed by atoms with Crippen LogP contribution in [0, 0.1) is 0 Å². The number of anilines is 1. The fraction of sp³-hybridized carbons (Fsp3) is 0.0952. The summed E-state index contributed by atoms with van der Waals surface area (Å²) in [5.74, 6) is 0. The highest BCUT2D eigenvalue weighted by molar-refractivity contribution is 7.90. The molecule has 0 atom stereocenters. The fourth-order valence-electron chi connectivity index (χ4n) is 3.32. The molecule has 2 aromatic heterocycles.